The number of halogens is 2. The summed E-state index contributed by atoms with van der Waals surface area (Å²) in [5.74, 6) is -1.81. The average molecular weight is 417 g/mol. The molecule has 3 aromatic rings. The molecule has 0 fully saturated rings. The molecule has 3 rings (SSSR count). The number of carbonyl (C=O) groups is 1. The summed E-state index contributed by atoms with van der Waals surface area (Å²) < 4.78 is 52.3. The molecule has 29 heavy (non-hydrogen) atoms. The Morgan fingerprint density at radius 3 is 2.21 bits per heavy atom. The van der Waals surface area contributed by atoms with Crippen molar-refractivity contribution in [3.8, 4) is 11.3 Å². The average Bonchev–Trinajstić information content (AvgIpc) is 2.71. The van der Waals surface area contributed by atoms with Crippen molar-refractivity contribution in [1.82, 2.24) is 15.0 Å². The van der Waals surface area contributed by atoms with Crippen molar-refractivity contribution >= 4 is 15.9 Å². The highest BCUT2D eigenvalue weighted by molar-refractivity contribution is 7.89. The van der Waals surface area contributed by atoms with Gasteiger partial charge in [0.2, 0.25) is 10.0 Å². The van der Waals surface area contributed by atoms with Crippen LogP contribution in [-0.4, -0.2) is 26.4 Å². The highest BCUT2D eigenvalue weighted by atomic mass is 32.2. The number of rotatable bonds is 6. The van der Waals surface area contributed by atoms with Gasteiger partial charge < -0.3 is 5.32 Å². The Bertz CT molecular complexity index is 1110. The number of carbonyl (C=O) groups excluding carboxylic acids is 1. The van der Waals surface area contributed by atoms with E-state index in [1.54, 1.807) is 12.1 Å². The third kappa shape index (κ3) is 5.01. The Labute approximate surface area is 166 Å². The fourth-order valence-electron chi connectivity index (χ4n) is 2.59. The van der Waals surface area contributed by atoms with Crippen LogP contribution >= 0.6 is 0 Å². The van der Waals surface area contributed by atoms with Gasteiger partial charge in [0.25, 0.3) is 5.91 Å². The van der Waals surface area contributed by atoms with Crippen LogP contribution in [0.2, 0.25) is 0 Å². The van der Waals surface area contributed by atoms with Gasteiger partial charge in [-0.3, -0.25) is 9.78 Å². The molecule has 0 saturated carbocycles. The van der Waals surface area contributed by atoms with E-state index in [-0.39, 0.29) is 28.5 Å². The van der Waals surface area contributed by atoms with Gasteiger partial charge in [0.1, 0.15) is 11.6 Å². The molecule has 0 aliphatic carbocycles. The highest BCUT2D eigenvalue weighted by Gasteiger charge is 2.11. The lowest BCUT2D eigenvalue weighted by Gasteiger charge is -2.08. The number of amides is 1. The van der Waals surface area contributed by atoms with Crippen LogP contribution in [0.1, 0.15) is 15.9 Å². The van der Waals surface area contributed by atoms with Crippen LogP contribution in [-0.2, 0) is 16.6 Å². The SMILES string of the molecule is CNS(=O)(=O)c1ccc(CNC(=O)c2ccc(-c3cc(F)cc(F)c3)nc2)cc1. The van der Waals surface area contributed by atoms with E-state index in [4.69, 9.17) is 0 Å². The van der Waals surface area contributed by atoms with Crippen LogP contribution in [0.4, 0.5) is 8.78 Å². The molecule has 2 aromatic carbocycles. The Kier molecular flexibility index (Phi) is 6.00. The van der Waals surface area contributed by atoms with Gasteiger partial charge in [-0.05, 0) is 49.0 Å². The number of sulfonamides is 1. The molecular weight excluding hydrogens is 400 g/mol. The first kappa shape index (κ1) is 20.6. The summed E-state index contributed by atoms with van der Waals surface area (Å²) in [6, 6.07) is 12.2. The molecule has 1 amide bonds. The van der Waals surface area contributed by atoms with Crippen molar-refractivity contribution in [2.45, 2.75) is 11.4 Å². The molecule has 0 aliphatic heterocycles. The van der Waals surface area contributed by atoms with E-state index < -0.39 is 21.7 Å². The number of nitrogens with zero attached hydrogens (tertiary/aromatic N) is 1. The molecule has 1 aromatic heterocycles. The molecule has 1 heterocycles. The molecule has 2 N–H and O–H groups in total. The molecule has 150 valence electrons. The van der Waals surface area contributed by atoms with E-state index in [0.717, 1.165) is 18.2 Å². The fourth-order valence-corrected chi connectivity index (χ4v) is 3.32. The van der Waals surface area contributed by atoms with Crippen molar-refractivity contribution in [3.63, 3.8) is 0 Å². The predicted molar refractivity (Wildman–Crippen MR) is 103 cm³/mol. The monoisotopic (exact) mass is 417 g/mol. The highest BCUT2D eigenvalue weighted by Crippen LogP contribution is 2.20. The van der Waals surface area contributed by atoms with Crippen LogP contribution < -0.4 is 10.0 Å². The van der Waals surface area contributed by atoms with E-state index in [1.165, 1.54) is 37.5 Å². The zero-order valence-corrected chi connectivity index (χ0v) is 16.1. The predicted octanol–water partition coefficient (Wildman–Crippen LogP) is 2.86. The summed E-state index contributed by atoms with van der Waals surface area (Å²) in [5, 5.41) is 2.70. The maximum Gasteiger partial charge on any atom is 0.253 e. The second-order valence-electron chi connectivity index (χ2n) is 6.12. The van der Waals surface area contributed by atoms with Crippen molar-refractivity contribution < 1.29 is 22.0 Å². The summed E-state index contributed by atoms with van der Waals surface area (Å²) in [6.07, 6.45) is 1.32. The molecule has 0 unspecified atom stereocenters. The maximum absolute atomic E-state index is 13.3. The quantitative estimate of drug-likeness (QED) is 0.646. The first-order chi connectivity index (χ1) is 13.8. The van der Waals surface area contributed by atoms with Gasteiger partial charge in [-0.15, -0.1) is 0 Å². The standard InChI is InChI=1S/C20H17F2N3O3S/c1-23-29(27,28)18-5-2-13(3-6-18)11-25-20(26)14-4-7-19(24-12-14)15-8-16(21)10-17(22)9-15/h2-10,12,23H,11H2,1H3,(H,25,26). The van der Waals surface area contributed by atoms with Crippen molar-refractivity contribution in [2.75, 3.05) is 7.05 Å². The van der Waals surface area contributed by atoms with Crippen LogP contribution in [0.15, 0.2) is 65.7 Å². The number of nitrogens with one attached hydrogen (secondary N) is 2. The fraction of sp³-hybridized carbons (Fsp3) is 0.100. The summed E-state index contributed by atoms with van der Waals surface area (Å²) in [7, 11) is -2.19. The van der Waals surface area contributed by atoms with Gasteiger partial charge in [-0.2, -0.15) is 0 Å². The summed E-state index contributed by atoms with van der Waals surface area (Å²) in [5.41, 5.74) is 1.60. The van der Waals surface area contributed by atoms with Crippen LogP contribution in [0.25, 0.3) is 11.3 Å². The lowest BCUT2D eigenvalue weighted by Crippen LogP contribution is -2.23. The second-order valence-corrected chi connectivity index (χ2v) is 8.01. The lowest BCUT2D eigenvalue weighted by molar-refractivity contribution is 0.0950. The maximum atomic E-state index is 13.3. The lowest BCUT2D eigenvalue weighted by atomic mass is 10.1. The Morgan fingerprint density at radius 2 is 1.66 bits per heavy atom. The Hall–Kier alpha value is -3.17. The minimum atomic E-state index is -3.51. The van der Waals surface area contributed by atoms with E-state index in [1.807, 2.05) is 0 Å². The van der Waals surface area contributed by atoms with Gasteiger partial charge >= 0.3 is 0 Å². The van der Waals surface area contributed by atoms with Crippen molar-refractivity contribution in [2.24, 2.45) is 0 Å². The zero-order chi connectivity index (χ0) is 21.0. The number of benzene rings is 2. The molecule has 6 nitrogen and oxygen atoms in total. The van der Waals surface area contributed by atoms with Crippen LogP contribution in [0.3, 0.4) is 0 Å². The third-order valence-electron chi connectivity index (χ3n) is 4.14. The minimum absolute atomic E-state index is 0.128. The topological polar surface area (TPSA) is 88.2 Å². The van der Waals surface area contributed by atoms with E-state index in [9.17, 15) is 22.0 Å². The minimum Gasteiger partial charge on any atom is -0.348 e. The normalized spacial score (nSPS) is 11.3. The molecule has 0 spiro atoms. The number of aromatic nitrogens is 1. The second kappa shape index (κ2) is 8.46. The molecular formula is C20H17F2N3O3S. The molecule has 0 bridgehead atoms. The summed E-state index contributed by atoms with van der Waals surface area (Å²) in [4.78, 5) is 16.5. The Morgan fingerprint density at radius 1 is 1.00 bits per heavy atom. The number of pyridine rings is 1. The van der Waals surface area contributed by atoms with Crippen molar-refractivity contribution in [1.29, 1.82) is 0 Å². The van der Waals surface area contributed by atoms with Gasteiger partial charge in [0.15, 0.2) is 0 Å². The van der Waals surface area contributed by atoms with Crippen LogP contribution in [0.5, 0.6) is 0 Å². The van der Waals surface area contributed by atoms with Crippen molar-refractivity contribution in [3.05, 3.63) is 83.6 Å². The zero-order valence-electron chi connectivity index (χ0n) is 15.3. The molecule has 0 aliphatic rings. The largest absolute Gasteiger partial charge is 0.348 e. The molecule has 0 radical (unpaired) electrons. The van der Waals surface area contributed by atoms with Gasteiger partial charge in [-0.25, -0.2) is 21.9 Å². The Balaban J connectivity index is 1.65. The first-order valence-corrected chi connectivity index (χ1v) is 10.00. The smallest absolute Gasteiger partial charge is 0.253 e. The molecule has 0 saturated heterocycles. The number of hydrogen-bond acceptors (Lipinski definition) is 4. The summed E-state index contributed by atoms with van der Waals surface area (Å²) >= 11 is 0. The first-order valence-electron chi connectivity index (χ1n) is 8.52. The van der Waals surface area contributed by atoms with E-state index in [0.29, 0.717) is 11.3 Å². The van der Waals surface area contributed by atoms with Gasteiger partial charge in [0.05, 0.1) is 16.2 Å². The summed E-state index contributed by atoms with van der Waals surface area (Å²) in [6.45, 7) is 0.190. The molecule has 9 heteroatoms. The van der Waals surface area contributed by atoms with Gasteiger partial charge in [0, 0.05) is 24.4 Å². The number of hydrogen-bond donors (Lipinski definition) is 2. The van der Waals surface area contributed by atoms with Crippen LogP contribution in [0, 0.1) is 11.6 Å². The van der Waals surface area contributed by atoms with E-state index in [2.05, 4.69) is 15.0 Å². The molecule has 0 atom stereocenters. The van der Waals surface area contributed by atoms with E-state index >= 15 is 0 Å². The third-order valence-corrected chi connectivity index (χ3v) is 5.57. The van der Waals surface area contributed by atoms with Gasteiger partial charge in [-0.1, -0.05) is 12.1 Å².